The van der Waals surface area contributed by atoms with Crippen LogP contribution >= 0.6 is 0 Å². The molecule has 0 saturated heterocycles. The van der Waals surface area contributed by atoms with E-state index in [0.29, 0.717) is 11.8 Å². The van der Waals surface area contributed by atoms with Crippen LogP contribution in [0.3, 0.4) is 0 Å². The highest BCUT2D eigenvalue weighted by Gasteiger charge is 2.45. The molecule has 0 aliphatic heterocycles. The first-order chi connectivity index (χ1) is 18.2. The number of fused-ring (bicyclic) bond motifs is 1. The highest BCUT2D eigenvalue weighted by atomic mass is 32.2. The van der Waals surface area contributed by atoms with Gasteiger partial charge >= 0.3 is 0 Å². The van der Waals surface area contributed by atoms with E-state index in [1.807, 2.05) is 13.8 Å². The van der Waals surface area contributed by atoms with E-state index in [-0.39, 0.29) is 29.3 Å². The number of likely N-dealkylation sites (N-methyl/N-ethyl adjacent to an activating group) is 1. The van der Waals surface area contributed by atoms with Crippen molar-refractivity contribution < 1.29 is 28.0 Å². The van der Waals surface area contributed by atoms with E-state index >= 15 is 0 Å². The summed E-state index contributed by atoms with van der Waals surface area (Å²) in [6.07, 6.45) is 1.91. The number of aromatic nitrogens is 1. The van der Waals surface area contributed by atoms with Gasteiger partial charge in [0.25, 0.3) is 5.91 Å². The zero-order chi connectivity index (χ0) is 29.5. The third kappa shape index (κ3) is 7.52. The lowest BCUT2D eigenvalue weighted by Gasteiger charge is -2.37. The quantitative estimate of drug-likeness (QED) is 0.228. The molecule has 0 radical (unpaired) electrons. The number of pyridine rings is 1. The fourth-order valence-electron chi connectivity index (χ4n) is 4.58. The van der Waals surface area contributed by atoms with Crippen molar-refractivity contribution in [2.75, 3.05) is 13.6 Å². The van der Waals surface area contributed by atoms with Gasteiger partial charge in [0.2, 0.25) is 21.8 Å². The van der Waals surface area contributed by atoms with Crippen LogP contribution in [0.25, 0.3) is 10.9 Å². The molecule has 0 spiro atoms. The Labute approximate surface area is 230 Å². The van der Waals surface area contributed by atoms with Crippen LogP contribution in [0.5, 0.6) is 0 Å². The van der Waals surface area contributed by atoms with Gasteiger partial charge in [-0.2, -0.15) is 4.31 Å². The molecule has 1 heterocycles. The van der Waals surface area contributed by atoms with Gasteiger partial charge in [0.05, 0.1) is 11.4 Å². The Hall–Kier alpha value is -3.09. The van der Waals surface area contributed by atoms with E-state index in [1.54, 1.807) is 57.4 Å². The van der Waals surface area contributed by atoms with Gasteiger partial charge in [-0.3, -0.25) is 24.6 Å². The molecule has 0 aliphatic carbocycles. The summed E-state index contributed by atoms with van der Waals surface area (Å²) < 4.78 is 29.3. The number of nitrogens with one attached hydrogen (secondary N) is 3. The van der Waals surface area contributed by atoms with Crippen LogP contribution in [0.4, 0.5) is 0 Å². The third-order valence-corrected chi connectivity index (χ3v) is 8.33. The second-order valence-corrected chi connectivity index (χ2v) is 12.9. The lowest BCUT2D eigenvalue weighted by molar-refractivity contribution is -0.142. The second kappa shape index (κ2) is 13.3. The zero-order valence-electron chi connectivity index (χ0n) is 23.7. The number of hydrogen-bond acceptors (Lipinski definition) is 7. The third-order valence-electron chi connectivity index (χ3n) is 6.42. The lowest BCUT2D eigenvalue weighted by atomic mass is 9.84. The second-order valence-electron chi connectivity index (χ2n) is 11.0. The van der Waals surface area contributed by atoms with Crippen molar-refractivity contribution in [1.29, 1.82) is 0 Å². The van der Waals surface area contributed by atoms with Crippen molar-refractivity contribution in [2.45, 2.75) is 71.4 Å². The smallest absolute Gasteiger partial charge is 0.262 e. The largest absolute Gasteiger partial charge is 0.357 e. The fraction of sp³-hybridized carbons (Fsp3) is 0.556. The van der Waals surface area contributed by atoms with Gasteiger partial charge in [-0.15, -0.1) is 0 Å². The Morgan fingerprint density at radius 3 is 2.23 bits per heavy atom. The van der Waals surface area contributed by atoms with Crippen molar-refractivity contribution in [3.05, 3.63) is 36.5 Å². The predicted octanol–water partition coefficient (Wildman–Crippen LogP) is 2.45. The molecule has 0 unspecified atom stereocenters. The van der Waals surface area contributed by atoms with Crippen LogP contribution in [0.15, 0.2) is 41.4 Å². The van der Waals surface area contributed by atoms with Crippen LogP contribution in [0.2, 0.25) is 0 Å². The van der Waals surface area contributed by atoms with Gasteiger partial charge in [-0.05, 0) is 36.3 Å². The Morgan fingerprint density at radius 2 is 1.69 bits per heavy atom. The molecule has 2 aromatic rings. The molecule has 1 aromatic heterocycles. The predicted molar refractivity (Wildman–Crippen MR) is 148 cm³/mol. The molecule has 4 N–H and O–H groups in total. The summed E-state index contributed by atoms with van der Waals surface area (Å²) in [5, 5.41) is 15.6. The number of rotatable bonds is 12. The van der Waals surface area contributed by atoms with Gasteiger partial charge in [-0.1, -0.05) is 59.7 Å². The first-order valence-electron chi connectivity index (χ1n) is 13.0. The van der Waals surface area contributed by atoms with Crippen LogP contribution in [-0.2, 0) is 24.4 Å². The molecule has 2 rings (SSSR count). The lowest BCUT2D eigenvalue weighted by Crippen LogP contribution is -2.60. The topological polar surface area (TPSA) is 158 Å². The van der Waals surface area contributed by atoms with Crippen LogP contribution < -0.4 is 16.1 Å². The van der Waals surface area contributed by atoms with E-state index < -0.39 is 51.2 Å². The monoisotopic (exact) mass is 563 g/mol. The van der Waals surface area contributed by atoms with Crippen molar-refractivity contribution >= 4 is 38.6 Å². The minimum Gasteiger partial charge on any atom is -0.357 e. The van der Waals surface area contributed by atoms with E-state index in [2.05, 4.69) is 15.6 Å². The van der Waals surface area contributed by atoms with Gasteiger partial charge in [-0.25, -0.2) is 13.9 Å². The SMILES string of the molecule is CCCN([C@H](C(=O)NO)[C@@H](CC(C)C)C(=O)N[C@H](C(=O)NC)C(C)(C)C)S(=O)(=O)c1cccc2cccnc12. The maximum Gasteiger partial charge on any atom is 0.262 e. The van der Waals surface area contributed by atoms with E-state index in [9.17, 15) is 28.0 Å². The number of carbonyl (C=O) groups is 3. The van der Waals surface area contributed by atoms with Gasteiger partial charge < -0.3 is 10.6 Å². The van der Waals surface area contributed by atoms with Crippen LogP contribution in [-0.4, -0.2) is 66.3 Å². The summed E-state index contributed by atoms with van der Waals surface area (Å²) in [4.78, 5) is 43.8. The van der Waals surface area contributed by atoms with Crippen LogP contribution in [0.1, 0.15) is 54.4 Å². The van der Waals surface area contributed by atoms with E-state index in [4.69, 9.17) is 0 Å². The minimum atomic E-state index is -4.40. The molecule has 11 nitrogen and oxygen atoms in total. The molecule has 3 atom stereocenters. The number of sulfonamides is 1. The summed E-state index contributed by atoms with van der Waals surface area (Å²) in [6, 6.07) is 5.56. The first-order valence-corrected chi connectivity index (χ1v) is 14.5. The van der Waals surface area contributed by atoms with Crippen molar-refractivity contribution in [1.82, 2.24) is 25.4 Å². The average molecular weight is 564 g/mol. The van der Waals surface area contributed by atoms with Gasteiger partial charge in [0, 0.05) is 25.2 Å². The van der Waals surface area contributed by atoms with Gasteiger partial charge in [0.1, 0.15) is 17.0 Å². The molecule has 0 saturated carbocycles. The molecule has 0 aliphatic rings. The minimum absolute atomic E-state index is 0.107. The van der Waals surface area contributed by atoms with Gasteiger partial charge in [0.15, 0.2) is 0 Å². The Kier molecular flexibility index (Phi) is 11.0. The number of carbonyl (C=O) groups excluding carboxylic acids is 3. The summed E-state index contributed by atoms with van der Waals surface area (Å²) in [7, 11) is -2.94. The maximum absolute atomic E-state index is 14.2. The maximum atomic E-state index is 14.2. The average Bonchev–Trinajstić information content (AvgIpc) is 2.88. The first kappa shape index (κ1) is 32.1. The molecule has 1 aromatic carbocycles. The van der Waals surface area contributed by atoms with Crippen LogP contribution in [0, 0.1) is 17.3 Å². The highest BCUT2D eigenvalue weighted by Crippen LogP contribution is 2.30. The summed E-state index contributed by atoms with van der Waals surface area (Å²) in [6.45, 7) is 10.7. The molecular weight excluding hydrogens is 522 g/mol. The Balaban J connectivity index is 2.72. The van der Waals surface area contributed by atoms with E-state index in [0.717, 1.165) is 4.31 Å². The standard InChI is InChI=1S/C27H41N5O6S/c1-8-15-32(39(37,38)20-13-9-11-18-12-10-14-29-21(18)20)22(25(34)31-36)19(16-17(2)3)24(33)30-23(26(35)28-7)27(4,5)6/h9-14,17,19,22-23,36H,8,15-16H2,1-7H3,(H,28,35)(H,30,33)(H,31,34)/t19-,22+,23-/m1/s1. The number of amides is 3. The van der Waals surface area contributed by atoms with Crippen molar-refractivity contribution in [3.8, 4) is 0 Å². The Bertz CT molecular complexity index is 1270. The van der Waals surface area contributed by atoms with E-state index in [1.165, 1.54) is 19.3 Å². The molecule has 12 heteroatoms. The molecule has 0 bridgehead atoms. The van der Waals surface area contributed by atoms with Crippen molar-refractivity contribution in [3.63, 3.8) is 0 Å². The molecule has 39 heavy (non-hydrogen) atoms. The van der Waals surface area contributed by atoms with Crippen molar-refractivity contribution in [2.24, 2.45) is 17.3 Å². The number of para-hydroxylation sites is 1. The Morgan fingerprint density at radius 1 is 1.05 bits per heavy atom. The fourth-order valence-corrected chi connectivity index (χ4v) is 6.46. The molecular formula is C27H41N5O6S. The zero-order valence-corrected chi connectivity index (χ0v) is 24.5. The number of hydrogen-bond donors (Lipinski definition) is 4. The molecule has 0 fully saturated rings. The number of hydroxylamine groups is 1. The molecule has 3 amide bonds. The summed E-state index contributed by atoms with van der Waals surface area (Å²) in [5.74, 6) is -3.51. The molecule has 216 valence electrons. The number of nitrogens with zero attached hydrogens (tertiary/aromatic N) is 2. The normalized spacial score (nSPS) is 14.6. The summed E-state index contributed by atoms with van der Waals surface area (Å²) in [5.41, 5.74) is 1.11. The number of benzene rings is 1. The highest BCUT2D eigenvalue weighted by molar-refractivity contribution is 7.89. The summed E-state index contributed by atoms with van der Waals surface area (Å²) >= 11 is 0.